The highest BCUT2D eigenvalue weighted by molar-refractivity contribution is 5.77. The van der Waals surface area contributed by atoms with Crippen LogP contribution in [-0.4, -0.2) is 40.6 Å². The van der Waals surface area contributed by atoms with Crippen molar-refractivity contribution in [2.75, 3.05) is 13.7 Å². The van der Waals surface area contributed by atoms with E-state index in [2.05, 4.69) is 22.3 Å². The predicted octanol–water partition coefficient (Wildman–Crippen LogP) is 3.52. The van der Waals surface area contributed by atoms with Crippen molar-refractivity contribution in [2.24, 2.45) is 0 Å². The molecule has 0 bridgehead atoms. The maximum absolute atomic E-state index is 12.6. The molecule has 6 heteroatoms. The van der Waals surface area contributed by atoms with E-state index in [0.29, 0.717) is 30.6 Å². The second-order valence-corrected chi connectivity index (χ2v) is 6.96. The molecule has 1 unspecified atom stereocenters. The summed E-state index contributed by atoms with van der Waals surface area (Å²) in [6.07, 6.45) is 2.81. The highest BCUT2D eigenvalue weighted by atomic mass is 16.5. The van der Waals surface area contributed by atoms with E-state index >= 15 is 0 Å². The molecule has 144 valence electrons. The van der Waals surface area contributed by atoms with Crippen LogP contribution in [0.25, 0.3) is 11.4 Å². The van der Waals surface area contributed by atoms with Gasteiger partial charge in [-0.1, -0.05) is 35.5 Å². The fourth-order valence-electron chi connectivity index (χ4n) is 3.44. The maximum atomic E-state index is 12.6. The molecule has 0 radical (unpaired) electrons. The fraction of sp³-hybridized carbons (Fsp3) is 0.318. The molecule has 1 fully saturated rings. The lowest BCUT2D eigenvalue weighted by molar-refractivity contribution is -0.138. The fourth-order valence-corrected chi connectivity index (χ4v) is 3.44. The number of rotatable bonds is 7. The van der Waals surface area contributed by atoms with Crippen LogP contribution in [0.5, 0.6) is 5.75 Å². The van der Waals surface area contributed by atoms with Crippen molar-refractivity contribution in [1.82, 2.24) is 15.0 Å². The third-order valence-electron chi connectivity index (χ3n) is 5.15. The van der Waals surface area contributed by atoms with Crippen molar-refractivity contribution < 1.29 is 14.1 Å². The van der Waals surface area contributed by atoms with Crippen LogP contribution in [0.4, 0.5) is 0 Å². The van der Waals surface area contributed by atoms with Crippen molar-refractivity contribution in [3.05, 3.63) is 66.1 Å². The molecule has 1 aromatic heterocycles. The van der Waals surface area contributed by atoms with Crippen LogP contribution in [0.1, 0.15) is 24.3 Å². The lowest BCUT2D eigenvalue weighted by atomic mass is 9.94. The quantitative estimate of drug-likeness (QED) is 0.630. The number of likely N-dealkylation sites (tertiary alicyclic amines) is 1. The van der Waals surface area contributed by atoms with Crippen molar-refractivity contribution in [3.63, 3.8) is 0 Å². The second kappa shape index (κ2) is 8.25. The smallest absolute Gasteiger partial charge is 0.227 e. The van der Waals surface area contributed by atoms with Gasteiger partial charge in [0.2, 0.25) is 17.6 Å². The Balaban J connectivity index is 1.31. The number of ether oxygens (including phenoxy) is 1. The zero-order valence-electron chi connectivity index (χ0n) is 15.9. The number of hydrogen-bond acceptors (Lipinski definition) is 5. The number of carbonyl (C=O) groups is 1. The Morgan fingerprint density at radius 1 is 1.18 bits per heavy atom. The van der Waals surface area contributed by atoms with E-state index in [-0.39, 0.29) is 5.91 Å². The Morgan fingerprint density at radius 2 is 1.96 bits per heavy atom. The van der Waals surface area contributed by atoms with Crippen LogP contribution in [0, 0.1) is 0 Å². The SMILES string of the molecule is COc1ccc(-c2noc(CCC(=O)N3CCC3Cc3ccccc3)n2)cc1. The largest absolute Gasteiger partial charge is 0.497 e. The molecule has 0 saturated carbocycles. The average Bonchev–Trinajstić information content (AvgIpc) is 3.19. The number of hydrogen-bond donors (Lipinski definition) is 0. The topological polar surface area (TPSA) is 68.5 Å². The van der Waals surface area contributed by atoms with Crippen LogP contribution in [0.3, 0.4) is 0 Å². The van der Waals surface area contributed by atoms with E-state index in [0.717, 1.165) is 30.7 Å². The molecule has 0 N–H and O–H groups in total. The van der Waals surface area contributed by atoms with Gasteiger partial charge in [-0.15, -0.1) is 0 Å². The first-order valence-electron chi connectivity index (χ1n) is 9.53. The van der Waals surface area contributed by atoms with Crippen molar-refractivity contribution in [3.8, 4) is 17.1 Å². The monoisotopic (exact) mass is 377 g/mol. The molecule has 1 amide bonds. The second-order valence-electron chi connectivity index (χ2n) is 6.96. The number of carbonyl (C=O) groups excluding carboxylic acids is 1. The molecule has 0 spiro atoms. The van der Waals surface area contributed by atoms with Gasteiger partial charge in [-0.05, 0) is 42.7 Å². The third-order valence-corrected chi connectivity index (χ3v) is 5.15. The zero-order valence-corrected chi connectivity index (χ0v) is 15.9. The molecule has 1 aliphatic heterocycles. The first-order chi connectivity index (χ1) is 13.7. The van der Waals surface area contributed by atoms with Gasteiger partial charge < -0.3 is 14.2 Å². The first kappa shape index (κ1) is 18.2. The molecule has 3 aromatic rings. The molecule has 0 aliphatic carbocycles. The number of amides is 1. The van der Waals surface area contributed by atoms with E-state index in [1.54, 1.807) is 7.11 Å². The summed E-state index contributed by atoms with van der Waals surface area (Å²) in [5, 5.41) is 4.02. The Kier molecular flexibility index (Phi) is 5.37. The summed E-state index contributed by atoms with van der Waals surface area (Å²) in [5.41, 5.74) is 2.12. The van der Waals surface area contributed by atoms with E-state index in [9.17, 15) is 4.79 Å². The van der Waals surface area contributed by atoms with Crippen LogP contribution in [0.15, 0.2) is 59.1 Å². The Labute approximate surface area is 164 Å². The van der Waals surface area contributed by atoms with E-state index in [4.69, 9.17) is 9.26 Å². The molecule has 1 saturated heterocycles. The van der Waals surface area contributed by atoms with Gasteiger partial charge in [0.1, 0.15) is 5.75 Å². The standard InChI is InChI=1S/C22H23N3O3/c1-27-19-9-7-17(8-10-19)22-23-20(28-24-22)11-12-21(26)25-14-13-18(25)15-16-5-3-2-4-6-16/h2-10,18H,11-15H2,1H3. The van der Waals surface area contributed by atoms with Crippen LogP contribution >= 0.6 is 0 Å². The average molecular weight is 377 g/mol. The number of aryl methyl sites for hydroxylation is 1. The molecule has 2 heterocycles. The third kappa shape index (κ3) is 4.06. The summed E-state index contributed by atoms with van der Waals surface area (Å²) < 4.78 is 10.5. The number of nitrogens with zero attached hydrogens (tertiary/aromatic N) is 3. The molecule has 6 nitrogen and oxygen atoms in total. The Bertz CT molecular complexity index is 922. The van der Waals surface area contributed by atoms with Crippen molar-refractivity contribution in [2.45, 2.75) is 31.7 Å². The van der Waals surface area contributed by atoms with Gasteiger partial charge in [0, 0.05) is 31.0 Å². The molecular weight excluding hydrogens is 354 g/mol. The highest BCUT2D eigenvalue weighted by Gasteiger charge is 2.31. The molecule has 28 heavy (non-hydrogen) atoms. The zero-order chi connectivity index (χ0) is 19.3. The van der Waals surface area contributed by atoms with Gasteiger partial charge in [0.25, 0.3) is 0 Å². The van der Waals surface area contributed by atoms with Crippen LogP contribution in [-0.2, 0) is 17.6 Å². The summed E-state index contributed by atoms with van der Waals surface area (Å²) in [4.78, 5) is 18.9. The van der Waals surface area contributed by atoms with Gasteiger partial charge in [-0.3, -0.25) is 4.79 Å². The van der Waals surface area contributed by atoms with E-state index in [1.807, 2.05) is 47.4 Å². The van der Waals surface area contributed by atoms with Gasteiger partial charge in [0.15, 0.2) is 0 Å². The van der Waals surface area contributed by atoms with Crippen LogP contribution < -0.4 is 4.74 Å². The predicted molar refractivity (Wildman–Crippen MR) is 105 cm³/mol. The van der Waals surface area contributed by atoms with Gasteiger partial charge in [-0.2, -0.15) is 4.98 Å². The molecule has 2 aromatic carbocycles. The number of methoxy groups -OCH3 is 1. The molecule has 4 rings (SSSR count). The normalized spacial score (nSPS) is 15.9. The summed E-state index contributed by atoms with van der Waals surface area (Å²) >= 11 is 0. The first-order valence-corrected chi connectivity index (χ1v) is 9.53. The maximum Gasteiger partial charge on any atom is 0.227 e. The summed E-state index contributed by atoms with van der Waals surface area (Å²) in [6, 6.07) is 18.1. The van der Waals surface area contributed by atoms with Gasteiger partial charge in [0.05, 0.1) is 7.11 Å². The number of aromatic nitrogens is 2. The van der Waals surface area contributed by atoms with Gasteiger partial charge >= 0.3 is 0 Å². The van der Waals surface area contributed by atoms with E-state index < -0.39 is 0 Å². The molecule has 1 aliphatic rings. The minimum absolute atomic E-state index is 0.149. The van der Waals surface area contributed by atoms with Crippen molar-refractivity contribution in [1.29, 1.82) is 0 Å². The minimum atomic E-state index is 0.149. The summed E-state index contributed by atoms with van der Waals surface area (Å²) in [5.74, 6) is 1.93. The highest BCUT2D eigenvalue weighted by Crippen LogP contribution is 2.24. The lowest BCUT2D eigenvalue weighted by Gasteiger charge is -2.41. The minimum Gasteiger partial charge on any atom is -0.497 e. The Hall–Kier alpha value is -3.15. The Morgan fingerprint density at radius 3 is 2.64 bits per heavy atom. The lowest BCUT2D eigenvalue weighted by Crippen LogP contribution is -2.52. The van der Waals surface area contributed by atoms with E-state index in [1.165, 1.54) is 5.56 Å². The molecular formula is C22H23N3O3. The summed E-state index contributed by atoms with van der Waals surface area (Å²) in [7, 11) is 1.63. The van der Waals surface area contributed by atoms with Crippen molar-refractivity contribution >= 4 is 5.91 Å². The number of benzene rings is 2. The van der Waals surface area contributed by atoms with Gasteiger partial charge in [-0.25, -0.2) is 0 Å². The molecule has 1 atom stereocenters. The van der Waals surface area contributed by atoms with Crippen LogP contribution in [0.2, 0.25) is 0 Å². The summed E-state index contributed by atoms with van der Waals surface area (Å²) in [6.45, 7) is 0.831.